The first-order chi connectivity index (χ1) is 10.5. The third kappa shape index (κ3) is 2.18. The standard InChI is InChI=1S/C15H16N2O5/c1-21-9-5-8-7-17(10-3-4-12(18)16-14(10)19)15(20)13(8)11(6-9)22-2/h5-6,10H,3-4,7H2,1-2H3,(H,16,18,19). The minimum absolute atomic E-state index is 0.233. The molecule has 0 saturated carbocycles. The Hall–Kier alpha value is -2.57. The molecule has 1 saturated heterocycles. The second kappa shape index (κ2) is 5.32. The first-order valence-electron chi connectivity index (χ1n) is 6.94. The number of fused-ring (bicyclic) bond motifs is 1. The number of hydrogen-bond donors (Lipinski definition) is 1. The van der Waals surface area contributed by atoms with Crippen LogP contribution in [0.15, 0.2) is 12.1 Å². The van der Waals surface area contributed by atoms with Crippen molar-refractivity contribution in [2.75, 3.05) is 14.2 Å². The van der Waals surface area contributed by atoms with Crippen LogP contribution in [0.4, 0.5) is 0 Å². The van der Waals surface area contributed by atoms with Crippen molar-refractivity contribution in [2.24, 2.45) is 0 Å². The Kier molecular flexibility index (Phi) is 3.48. The summed E-state index contributed by atoms with van der Waals surface area (Å²) in [6, 6.07) is 2.78. The van der Waals surface area contributed by atoms with Gasteiger partial charge in [-0.2, -0.15) is 0 Å². The van der Waals surface area contributed by atoms with Crippen LogP contribution in [0.25, 0.3) is 0 Å². The van der Waals surface area contributed by atoms with Gasteiger partial charge in [0.15, 0.2) is 0 Å². The van der Waals surface area contributed by atoms with Crippen molar-refractivity contribution in [3.8, 4) is 11.5 Å². The van der Waals surface area contributed by atoms with E-state index in [4.69, 9.17) is 9.47 Å². The van der Waals surface area contributed by atoms with Gasteiger partial charge in [-0.3, -0.25) is 19.7 Å². The van der Waals surface area contributed by atoms with Gasteiger partial charge in [-0.25, -0.2) is 0 Å². The van der Waals surface area contributed by atoms with Gasteiger partial charge in [0.25, 0.3) is 5.91 Å². The molecule has 0 radical (unpaired) electrons. The van der Waals surface area contributed by atoms with E-state index in [0.29, 0.717) is 30.0 Å². The minimum atomic E-state index is -0.631. The van der Waals surface area contributed by atoms with Gasteiger partial charge in [0.05, 0.1) is 19.8 Å². The maximum atomic E-state index is 12.6. The highest BCUT2D eigenvalue weighted by atomic mass is 16.5. The van der Waals surface area contributed by atoms with Crippen molar-refractivity contribution in [2.45, 2.75) is 25.4 Å². The highest BCUT2D eigenvalue weighted by Gasteiger charge is 2.40. The molecule has 2 heterocycles. The number of methoxy groups -OCH3 is 2. The molecule has 116 valence electrons. The van der Waals surface area contributed by atoms with Crippen LogP contribution in [0.3, 0.4) is 0 Å². The zero-order chi connectivity index (χ0) is 15.9. The summed E-state index contributed by atoms with van der Waals surface area (Å²) in [5.41, 5.74) is 1.21. The molecule has 0 aliphatic carbocycles. The Morgan fingerprint density at radius 3 is 2.59 bits per heavy atom. The first-order valence-corrected chi connectivity index (χ1v) is 6.94. The van der Waals surface area contributed by atoms with Crippen molar-refractivity contribution in [1.29, 1.82) is 0 Å². The topological polar surface area (TPSA) is 84.9 Å². The number of imide groups is 1. The molecule has 3 rings (SSSR count). The van der Waals surface area contributed by atoms with Gasteiger partial charge in [-0.05, 0) is 18.1 Å². The summed E-state index contributed by atoms with van der Waals surface area (Å²) < 4.78 is 10.5. The first kappa shape index (κ1) is 14.4. The summed E-state index contributed by atoms with van der Waals surface area (Å²) in [5, 5.41) is 2.28. The third-order valence-corrected chi connectivity index (χ3v) is 4.01. The lowest BCUT2D eigenvalue weighted by Crippen LogP contribution is -2.52. The fourth-order valence-corrected chi connectivity index (χ4v) is 2.92. The van der Waals surface area contributed by atoms with Gasteiger partial charge in [0.2, 0.25) is 11.8 Å². The van der Waals surface area contributed by atoms with E-state index in [2.05, 4.69) is 5.32 Å². The van der Waals surface area contributed by atoms with Crippen molar-refractivity contribution in [1.82, 2.24) is 10.2 Å². The van der Waals surface area contributed by atoms with Crippen LogP contribution in [-0.2, 0) is 16.1 Å². The molecule has 0 spiro atoms. The predicted molar refractivity (Wildman–Crippen MR) is 75.6 cm³/mol. The van der Waals surface area contributed by atoms with Crippen LogP contribution in [0.5, 0.6) is 11.5 Å². The quantitative estimate of drug-likeness (QED) is 0.820. The molecule has 7 nitrogen and oxygen atoms in total. The Bertz CT molecular complexity index is 670. The summed E-state index contributed by atoms with van der Waals surface area (Å²) in [4.78, 5) is 37.4. The fourth-order valence-electron chi connectivity index (χ4n) is 2.92. The van der Waals surface area contributed by atoms with E-state index in [1.165, 1.54) is 19.1 Å². The summed E-state index contributed by atoms with van der Waals surface area (Å²) in [7, 11) is 3.02. The van der Waals surface area contributed by atoms with Crippen molar-refractivity contribution >= 4 is 17.7 Å². The van der Waals surface area contributed by atoms with Gasteiger partial charge in [-0.1, -0.05) is 0 Å². The largest absolute Gasteiger partial charge is 0.497 e. The van der Waals surface area contributed by atoms with Gasteiger partial charge >= 0.3 is 0 Å². The second-order valence-electron chi connectivity index (χ2n) is 5.26. The number of piperidine rings is 1. The molecule has 2 aliphatic rings. The van der Waals surface area contributed by atoms with Crippen molar-refractivity contribution in [3.63, 3.8) is 0 Å². The van der Waals surface area contributed by atoms with E-state index in [0.717, 1.165) is 5.56 Å². The lowest BCUT2D eigenvalue weighted by molar-refractivity contribution is -0.136. The molecule has 22 heavy (non-hydrogen) atoms. The summed E-state index contributed by atoms with van der Waals surface area (Å²) in [6.45, 7) is 0.300. The normalized spacial score (nSPS) is 20.7. The molecule has 3 amide bonds. The number of nitrogens with zero attached hydrogens (tertiary/aromatic N) is 1. The van der Waals surface area contributed by atoms with Gasteiger partial charge in [-0.15, -0.1) is 0 Å². The highest BCUT2D eigenvalue weighted by molar-refractivity contribution is 6.06. The Labute approximate surface area is 127 Å². The zero-order valence-electron chi connectivity index (χ0n) is 12.3. The van der Waals surface area contributed by atoms with E-state index >= 15 is 0 Å². The fraction of sp³-hybridized carbons (Fsp3) is 0.400. The van der Waals surface area contributed by atoms with E-state index in [1.54, 1.807) is 12.1 Å². The number of carbonyl (C=O) groups is 3. The summed E-state index contributed by atoms with van der Waals surface area (Å²) in [6.07, 6.45) is 0.570. The summed E-state index contributed by atoms with van der Waals surface area (Å²) in [5.74, 6) is 0.0275. The van der Waals surface area contributed by atoms with Gasteiger partial charge in [0.1, 0.15) is 17.5 Å². The smallest absolute Gasteiger partial charge is 0.258 e. The number of ether oxygens (including phenoxy) is 2. The Morgan fingerprint density at radius 2 is 1.95 bits per heavy atom. The van der Waals surface area contributed by atoms with Gasteiger partial charge in [0, 0.05) is 19.0 Å². The number of benzene rings is 1. The van der Waals surface area contributed by atoms with Crippen LogP contribution in [0.1, 0.15) is 28.8 Å². The summed E-state index contributed by atoms with van der Waals surface area (Å²) >= 11 is 0. The lowest BCUT2D eigenvalue weighted by atomic mass is 10.0. The van der Waals surface area contributed by atoms with Crippen LogP contribution in [0.2, 0.25) is 0 Å². The van der Waals surface area contributed by atoms with Crippen LogP contribution in [-0.4, -0.2) is 42.9 Å². The highest BCUT2D eigenvalue weighted by Crippen LogP contribution is 2.36. The number of carbonyl (C=O) groups excluding carboxylic acids is 3. The molecule has 1 fully saturated rings. The Morgan fingerprint density at radius 1 is 1.18 bits per heavy atom. The van der Waals surface area contributed by atoms with E-state index in [-0.39, 0.29) is 18.2 Å². The van der Waals surface area contributed by atoms with E-state index < -0.39 is 11.9 Å². The van der Waals surface area contributed by atoms with Crippen molar-refractivity contribution in [3.05, 3.63) is 23.3 Å². The number of amides is 3. The number of rotatable bonds is 3. The molecule has 0 aromatic heterocycles. The second-order valence-corrected chi connectivity index (χ2v) is 5.26. The molecule has 1 aromatic carbocycles. The minimum Gasteiger partial charge on any atom is -0.497 e. The molecule has 1 atom stereocenters. The molecule has 1 unspecified atom stereocenters. The SMILES string of the molecule is COc1cc2c(c(OC)c1)C(=O)N(C1CCC(=O)NC1=O)C2. The Balaban J connectivity index is 1.94. The predicted octanol–water partition coefficient (Wildman–Crippen LogP) is 0.465. The van der Waals surface area contributed by atoms with Gasteiger partial charge < -0.3 is 14.4 Å². The van der Waals surface area contributed by atoms with Crippen LogP contribution in [0, 0.1) is 0 Å². The third-order valence-electron chi connectivity index (χ3n) is 4.01. The average molecular weight is 304 g/mol. The number of nitrogens with one attached hydrogen (secondary N) is 1. The van der Waals surface area contributed by atoms with Crippen LogP contribution < -0.4 is 14.8 Å². The monoisotopic (exact) mass is 304 g/mol. The maximum Gasteiger partial charge on any atom is 0.258 e. The molecule has 2 aliphatic heterocycles. The maximum absolute atomic E-state index is 12.6. The molecule has 7 heteroatoms. The molecule has 1 N–H and O–H groups in total. The zero-order valence-corrected chi connectivity index (χ0v) is 12.3. The number of hydrogen-bond acceptors (Lipinski definition) is 5. The lowest BCUT2D eigenvalue weighted by Gasteiger charge is -2.29. The van der Waals surface area contributed by atoms with Crippen molar-refractivity contribution < 1.29 is 23.9 Å². The molecule has 1 aromatic rings. The molecular weight excluding hydrogens is 288 g/mol. The molecular formula is C15H16N2O5. The van der Waals surface area contributed by atoms with E-state index in [1.807, 2.05) is 0 Å². The van der Waals surface area contributed by atoms with Crippen LogP contribution >= 0.6 is 0 Å². The molecule has 0 bridgehead atoms. The van der Waals surface area contributed by atoms with E-state index in [9.17, 15) is 14.4 Å². The average Bonchev–Trinajstić information content (AvgIpc) is 2.83.